The smallest absolute Gasteiger partial charge is 0.273 e. The van der Waals surface area contributed by atoms with E-state index in [0.29, 0.717) is 11.7 Å². The van der Waals surface area contributed by atoms with Crippen LogP contribution in [0.4, 0.5) is 0 Å². The molecule has 4 nitrogen and oxygen atoms in total. The zero-order valence-corrected chi connectivity index (χ0v) is 16.6. The van der Waals surface area contributed by atoms with Crippen LogP contribution in [0.15, 0.2) is 35.7 Å². The first-order chi connectivity index (χ1) is 12.5. The van der Waals surface area contributed by atoms with Crippen molar-refractivity contribution in [1.82, 2.24) is 14.8 Å². The highest BCUT2D eigenvalue weighted by Gasteiger charge is 2.44. The second-order valence-electron chi connectivity index (χ2n) is 8.05. The number of benzene rings is 1. The summed E-state index contributed by atoms with van der Waals surface area (Å²) in [6, 6.07) is 11.2. The predicted octanol–water partition coefficient (Wildman–Crippen LogP) is 4.00. The lowest BCUT2D eigenvalue weighted by Crippen LogP contribution is -2.36. The molecule has 4 atom stereocenters. The summed E-state index contributed by atoms with van der Waals surface area (Å²) in [6.07, 6.45) is 4.86. The normalized spacial score (nSPS) is 27.7. The largest absolute Gasteiger partial charge is 0.337 e. The molecule has 2 unspecified atom stereocenters. The van der Waals surface area contributed by atoms with Gasteiger partial charge in [-0.2, -0.15) is 0 Å². The molecule has 1 amide bonds. The number of fused-ring (bicyclic) bond motifs is 1. The molecule has 2 saturated carbocycles. The molecule has 2 fully saturated rings. The minimum atomic E-state index is 0.0672. The average molecular weight is 370 g/mol. The Morgan fingerprint density at radius 1 is 1.00 bits per heavy atom. The van der Waals surface area contributed by atoms with Gasteiger partial charge in [-0.3, -0.25) is 4.79 Å². The van der Waals surface area contributed by atoms with Gasteiger partial charge in [-0.15, -0.1) is 11.3 Å². The highest BCUT2D eigenvalue weighted by Crippen LogP contribution is 2.46. The van der Waals surface area contributed by atoms with Crippen molar-refractivity contribution >= 4 is 17.2 Å². The van der Waals surface area contributed by atoms with Gasteiger partial charge >= 0.3 is 0 Å². The fourth-order valence-corrected chi connectivity index (χ4v) is 5.52. The Balaban J connectivity index is 1.41. The lowest BCUT2D eigenvalue weighted by atomic mass is 10.0. The minimum absolute atomic E-state index is 0.0672. The Hall–Kier alpha value is -1.72. The predicted molar refractivity (Wildman–Crippen MR) is 106 cm³/mol. The maximum Gasteiger partial charge on any atom is 0.273 e. The molecule has 4 rings (SSSR count). The molecule has 0 N–H and O–H groups in total. The van der Waals surface area contributed by atoms with Crippen molar-refractivity contribution in [2.24, 2.45) is 11.8 Å². The Bertz CT molecular complexity index is 759. The van der Waals surface area contributed by atoms with Crippen molar-refractivity contribution in [3.8, 4) is 10.6 Å². The highest BCUT2D eigenvalue weighted by atomic mass is 32.1. The SMILES string of the molecule is CN(C)C1C[C@@H]2CC(N(C)C(=O)c3csc(-c4ccccc4)n3)C[C@@H]2C1. The maximum absolute atomic E-state index is 12.9. The standard InChI is InChI=1S/C21H27N3OS/c1-23(2)17-9-15-11-18(12-16(15)10-17)24(3)21(25)19-13-26-20(22-19)14-7-5-4-6-8-14/h4-8,13,15-18H,9-12H2,1-3H3/t15-,16+,17?,18?. The molecule has 0 aliphatic heterocycles. The topological polar surface area (TPSA) is 36.4 Å². The van der Waals surface area contributed by atoms with Crippen LogP contribution in [-0.4, -0.2) is 53.9 Å². The number of amides is 1. The molecule has 0 saturated heterocycles. The summed E-state index contributed by atoms with van der Waals surface area (Å²) >= 11 is 1.55. The van der Waals surface area contributed by atoms with Gasteiger partial charge in [-0.1, -0.05) is 30.3 Å². The average Bonchev–Trinajstić information content (AvgIpc) is 3.35. The molecule has 5 heteroatoms. The van der Waals surface area contributed by atoms with E-state index in [1.807, 2.05) is 47.7 Å². The van der Waals surface area contributed by atoms with Crippen LogP contribution < -0.4 is 0 Å². The molecule has 0 bridgehead atoms. The van der Waals surface area contributed by atoms with Gasteiger partial charge in [0.15, 0.2) is 0 Å². The molecule has 1 heterocycles. The number of carbonyl (C=O) groups is 1. The third kappa shape index (κ3) is 3.30. The van der Waals surface area contributed by atoms with E-state index >= 15 is 0 Å². The van der Waals surface area contributed by atoms with Crippen molar-refractivity contribution in [3.05, 3.63) is 41.4 Å². The van der Waals surface area contributed by atoms with E-state index in [0.717, 1.165) is 41.3 Å². The van der Waals surface area contributed by atoms with Crippen LogP contribution in [0.1, 0.15) is 36.2 Å². The molecule has 2 aromatic rings. The third-order valence-electron chi connectivity index (χ3n) is 6.31. The van der Waals surface area contributed by atoms with E-state index in [2.05, 4.69) is 24.0 Å². The summed E-state index contributed by atoms with van der Waals surface area (Å²) in [4.78, 5) is 21.8. The van der Waals surface area contributed by atoms with Crippen molar-refractivity contribution < 1.29 is 4.79 Å². The zero-order chi connectivity index (χ0) is 18.3. The van der Waals surface area contributed by atoms with Crippen LogP contribution >= 0.6 is 11.3 Å². The molecule has 1 aromatic carbocycles. The minimum Gasteiger partial charge on any atom is -0.337 e. The monoisotopic (exact) mass is 369 g/mol. The number of rotatable bonds is 4. The van der Waals surface area contributed by atoms with Crippen LogP contribution in [0.3, 0.4) is 0 Å². The van der Waals surface area contributed by atoms with Gasteiger partial charge in [0.05, 0.1) is 0 Å². The summed E-state index contributed by atoms with van der Waals surface area (Å²) in [5, 5.41) is 2.82. The van der Waals surface area contributed by atoms with Gasteiger partial charge in [0, 0.05) is 30.1 Å². The van der Waals surface area contributed by atoms with Crippen molar-refractivity contribution in [2.45, 2.75) is 37.8 Å². The molecule has 2 aliphatic rings. The Labute approximate surface area is 159 Å². The van der Waals surface area contributed by atoms with Crippen molar-refractivity contribution in [2.75, 3.05) is 21.1 Å². The van der Waals surface area contributed by atoms with Crippen molar-refractivity contribution in [1.29, 1.82) is 0 Å². The van der Waals surface area contributed by atoms with Crippen LogP contribution in [0.25, 0.3) is 10.6 Å². The van der Waals surface area contributed by atoms with Gasteiger partial charge < -0.3 is 9.80 Å². The van der Waals surface area contributed by atoms with E-state index in [9.17, 15) is 4.79 Å². The summed E-state index contributed by atoms with van der Waals surface area (Å²) in [6.45, 7) is 0. The second kappa shape index (κ2) is 7.12. The van der Waals surface area contributed by atoms with Gasteiger partial charge in [-0.05, 0) is 51.6 Å². The first-order valence-electron chi connectivity index (χ1n) is 9.47. The number of hydrogen-bond acceptors (Lipinski definition) is 4. The van der Waals surface area contributed by atoms with Crippen molar-refractivity contribution in [3.63, 3.8) is 0 Å². The number of thiazole rings is 1. The number of nitrogens with zero attached hydrogens (tertiary/aromatic N) is 3. The fraction of sp³-hybridized carbons (Fsp3) is 0.524. The molecular formula is C21H27N3OS. The zero-order valence-electron chi connectivity index (χ0n) is 15.8. The van der Waals surface area contributed by atoms with E-state index < -0.39 is 0 Å². The van der Waals surface area contributed by atoms with Gasteiger partial charge in [-0.25, -0.2) is 4.98 Å². The van der Waals surface area contributed by atoms with Gasteiger partial charge in [0.1, 0.15) is 10.7 Å². The van der Waals surface area contributed by atoms with Crippen LogP contribution in [0.2, 0.25) is 0 Å². The first-order valence-corrected chi connectivity index (χ1v) is 10.4. The number of aromatic nitrogens is 1. The molecule has 26 heavy (non-hydrogen) atoms. The molecule has 0 radical (unpaired) electrons. The molecule has 1 aromatic heterocycles. The van der Waals surface area contributed by atoms with Crippen LogP contribution in [0, 0.1) is 11.8 Å². The lowest BCUT2D eigenvalue weighted by molar-refractivity contribution is 0.0721. The van der Waals surface area contributed by atoms with E-state index in [4.69, 9.17) is 0 Å². The van der Waals surface area contributed by atoms with Gasteiger partial charge in [0.2, 0.25) is 0 Å². The molecule has 138 valence electrons. The lowest BCUT2D eigenvalue weighted by Gasteiger charge is -2.26. The maximum atomic E-state index is 12.9. The van der Waals surface area contributed by atoms with Gasteiger partial charge in [0.25, 0.3) is 5.91 Å². The van der Waals surface area contributed by atoms with E-state index in [-0.39, 0.29) is 5.91 Å². The third-order valence-corrected chi connectivity index (χ3v) is 7.20. The molecular weight excluding hydrogens is 342 g/mol. The summed E-state index contributed by atoms with van der Waals surface area (Å²) in [5.74, 6) is 1.62. The van der Waals surface area contributed by atoms with E-state index in [1.165, 1.54) is 12.8 Å². The fourth-order valence-electron chi connectivity index (χ4n) is 4.72. The summed E-state index contributed by atoms with van der Waals surface area (Å²) in [5.41, 5.74) is 1.66. The summed E-state index contributed by atoms with van der Waals surface area (Å²) in [7, 11) is 6.33. The summed E-state index contributed by atoms with van der Waals surface area (Å²) < 4.78 is 0. The number of carbonyl (C=O) groups excluding carboxylic acids is 1. The second-order valence-corrected chi connectivity index (χ2v) is 8.91. The first kappa shape index (κ1) is 17.7. The Kier molecular flexibility index (Phi) is 4.84. The quantitative estimate of drug-likeness (QED) is 0.817. The molecule has 2 aliphatic carbocycles. The van der Waals surface area contributed by atoms with Crippen LogP contribution in [-0.2, 0) is 0 Å². The van der Waals surface area contributed by atoms with Crippen LogP contribution in [0.5, 0.6) is 0 Å². The number of hydrogen-bond donors (Lipinski definition) is 0. The Morgan fingerprint density at radius 3 is 2.23 bits per heavy atom. The van der Waals surface area contributed by atoms with E-state index in [1.54, 1.807) is 11.3 Å². The Morgan fingerprint density at radius 2 is 1.62 bits per heavy atom. The highest BCUT2D eigenvalue weighted by molar-refractivity contribution is 7.13. The molecule has 0 spiro atoms.